The standard InChI is InChI=1S/C39H23N5O/c1-3-10-26(11-4-1)37-42-38(27-12-5-2-6-13-27)44-39(43-37)29-16-8-18-32-34(29)33-28(15-7-17-31(33)45-32)30-22-21-25-20-19-24-14-9-23-40-35(24)36(25)41-30/h1-23H. The van der Waals surface area contributed by atoms with Gasteiger partial charge in [-0.3, -0.25) is 4.98 Å². The van der Waals surface area contributed by atoms with Gasteiger partial charge in [0.25, 0.3) is 0 Å². The van der Waals surface area contributed by atoms with Crippen molar-refractivity contribution in [1.29, 1.82) is 0 Å². The van der Waals surface area contributed by atoms with Crippen LogP contribution in [0, 0.1) is 0 Å². The van der Waals surface area contributed by atoms with E-state index in [-0.39, 0.29) is 0 Å². The molecule has 0 amide bonds. The highest BCUT2D eigenvalue weighted by Gasteiger charge is 2.20. The highest BCUT2D eigenvalue weighted by molar-refractivity contribution is 6.17. The van der Waals surface area contributed by atoms with Gasteiger partial charge in [0.1, 0.15) is 11.2 Å². The smallest absolute Gasteiger partial charge is 0.164 e. The van der Waals surface area contributed by atoms with Crippen LogP contribution < -0.4 is 0 Å². The minimum atomic E-state index is 0.576. The summed E-state index contributed by atoms with van der Waals surface area (Å²) in [5, 5.41) is 4.00. The second-order valence-electron chi connectivity index (χ2n) is 10.9. The van der Waals surface area contributed by atoms with Gasteiger partial charge in [-0.05, 0) is 24.3 Å². The molecule has 0 bridgehead atoms. The normalized spacial score (nSPS) is 11.6. The molecule has 0 aliphatic heterocycles. The van der Waals surface area contributed by atoms with Crippen molar-refractivity contribution in [3.63, 3.8) is 0 Å². The van der Waals surface area contributed by atoms with Crippen molar-refractivity contribution in [2.24, 2.45) is 0 Å². The molecule has 4 aromatic heterocycles. The average Bonchev–Trinajstić information content (AvgIpc) is 3.51. The van der Waals surface area contributed by atoms with Crippen molar-refractivity contribution in [3.8, 4) is 45.4 Å². The molecule has 0 saturated carbocycles. The Bertz CT molecular complexity index is 2480. The zero-order chi connectivity index (χ0) is 29.7. The highest BCUT2D eigenvalue weighted by Crippen LogP contribution is 2.41. The maximum Gasteiger partial charge on any atom is 0.164 e. The van der Waals surface area contributed by atoms with Gasteiger partial charge >= 0.3 is 0 Å². The van der Waals surface area contributed by atoms with E-state index in [1.807, 2.05) is 97.2 Å². The summed E-state index contributed by atoms with van der Waals surface area (Å²) in [5.41, 5.74) is 7.79. The molecule has 0 radical (unpaired) electrons. The number of hydrogen-bond acceptors (Lipinski definition) is 6. The first kappa shape index (κ1) is 25.2. The minimum absolute atomic E-state index is 0.576. The molecule has 210 valence electrons. The number of hydrogen-bond donors (Lipinski definition) is 0. The van der Waals surface area contributed by atoms with E-state index in [2.05, 4.69) is 47.4 Å². The van der Waals surface area contributed by atoms with Crippen LogP contribution >= 0.6 is 0 Å². The first-order valence-electron chi connectivity index (χ1n) is 14.8. The first-order chi connectivity index (χ1) is 22.3. The van der Waals surface area contributed by atoms with E-state index in [1.165, 1.54) is 0 Å². The van der Waals surface area contributed by atoms with E-state index in [0.717, 1.165) is 71.7 Å². The van der Waals surface area contributed by atoms with Gasteiger partial charge in [0, 0.05) is 50.0 Å². The van der Waals surface area contributed by atoms with Crippen molar-refractivity contribution in [2.75, 3.05) is 0 Å². The third-order valence-electron chi connectivity index (χ3n) is 8.17. The Balaban J connectivity index is 1.32. The predicted molar refractivity (Wildman–Crippen MR) is 179 cm³/mol. The summed E-state index contributed by atoms with van der Waals surface area (Å²) < 4.78 is 6.45. The molecule has 0 aliphatic carbocycles. The van der Waals surface area contributed by atoms with Crippen LogP contribution in [0.2, 0.25) is 0 Å². The Morgan fingerprint density at radius 1 is 0.400 bits per heavy atom. The predicted octanol–water partition coefficient (Wildman–Crippen LogP) is 9.54. The monoisotopic (exact) mass is 577 g/mol. The molecule has 9 aromatic rings. The van der Waals surface area contributed by atoms with Crippen molar-refractivity contribution in [3.05, 3.63) is 140 Å². The molecule has 5 aromatic carbocycles. The van der Waals surface area contributed by atoms with E-state index >= 15 is 0 Å². The van der Waals surface area contributed by atoms with Crippen LogP contribution in [-0.4, -0.2) is 24.9 Å². The molecule has 9 rings (SSSR count). The lowest BCUT2D eigenvalue weighted by Gasteiger charge is -2.10. The summed E-state index contributed by atoms with van der Waals surface area (Å²) in [5.74, 6) is 1.80. The number of nitrogens with zero attached hydrogens (tertiary/aromatic N) is 5. The van der Waals surface area contributed by atoms with Crippen molar-refractivity contribution < 1.29 is 4.42 Å². The van der Waals surface area contributed by atoms with Gasteiger partial charge in [-0.1, -0.05) is 109 Å². The SMILES string of the molecule is c1ccc(-c2nc(-c3ccccc3)nc(-c3cccc4oc5cccc(-c6ccc7ccc8cccnc8c7n6)c5c34)n2)cc1. The van der Waals surface area contributed by atoms with Gasteiger partial charge in [-0.2, -0.15) is 0 Å². The van der Waals surface area contributed by atoms with E-state index in [0.29, 0.717) is 17.5 Å². The fourth-order valence-corrected chi connectivity index (χ4v) is 6.07. The third-order valence-corrected chi connectivity index (χ3v) is 8.17. The minimum Gasteiger partial charge on any atom is -0.456 e. The molecule has 0 atom stereocenters. The molecule has 6 heteroatoms. The van der Waals surface area contributed by atoms with Crippen LogP contribution in [0.25, 0.3) is 89.2 Å². The lowest BCUT2D eigenvalue weighted by molar-refractivity contribution is 0.669. The van der Waals surface area contributed by atoms with Gasteiger partial charge in [-0.25, -0.2) is 19.9 Å². The quantitative estimate of drug-likeness (QED) is 0.194. The Morgan fingerprint density at radius 3 is 1.67 bits per heavy atom. The molecule has 0 spiro atoms. The Labute approximate surface area is 257 Å². The Kier molecular flexibility index (Phi) is 5.71. The maximum absolute atomic E-state index is 6.45. The highest BCUT2D eigenvalue weighted by atomic mass is 16.3. The van der Waals surface area contributed by atoms with Crippen molar-refractivity contribution in [2.45, 2.75) is 0 Å². The average molecular weight is 578 g/mol. The summed E-state index contributed by atoms with van der Waals surface area (Å²) in [7, 11) is 0. The molecule has 0 fully saturated rings. The second-order valence-corrected chi connectivity index (χ2v) is 10.9. The fourth-order valence-electron chi connectivity index (χ4n) is 6.07. The molecule has 0 N–H and O–H groups in total. The lowest BCUT2D eigenvalue weighted by atomic mass is 9.99. The lowest BCUT2D eigenvalue weighted by Crippen LogP contribution is -2.00. The van der Waals surface area contributed by atoms with E-state index in [1.54, 1.807) is 0 Å². The van der Waals surface area contributed by atoms with E-state index < -0.39 is 0 Å². The van der Waals surface area contributed by atoms with Crippen molar-refractivity contribution >= 4 is 43.7 Å². The number of fused-ring (bicyclic) bond motifs is 6. The molecular weight excluding hydrogens is 554 g/mol. The van der Waals surface area contributed by atoms with Gasteiger partial charge in [-0.15, -0.1) is 0 Å². The number of pyridine rings is 2. The number of rotatable bonds is 4. The van der Waals surface area contributed by atoms with E-state index in [9.17, 15) is 0 Å². The van der Waals surface area contributed by atoms with E-state index in [4.69, 9.17) is 24.4 Å². The Hall–Kier alpha value is -6.27. The Morgan fingerprint density at radius 2 is 0.978 bits per heavy atom. The summed E-state index contributed by atoms with van der Waals surface area (Å²) in [4.78, 5) is 24.8. The summed E-state index contributed by atoms with van der Waals surface area (Å²) >= 11 is 0. The van der Waals surface area contributed by atoms with Crippen LogP contribution in [0.5, 0.6) is 0 Å². The van der Waals surface area contributed by atoms with Crippen LogP contribution in [0.4, 0.5) is 0 Å². The zero-order valence-corrected chi connectivity index (χ0v) is 23.9. The third kappa shape index (κ3) is 4.23. The van der Waals surface area contributed by atoms with Crippen molar-refractivity contribution in [1.82, 2.24) is 24.9 Å². The topological polar surface area (TPSA) is 77.6 Å². The molecule has 0 aliphatic rings. The summed E-state index contributed by atoms with van der Waals surface area (Å²) in [6, 6.07) is 44.5. The molecule has 0 saturated heterocycles. The van der Waals surface area contributed by atoms with Gasteiger partial charge in [0.15, 0.2) is 17.5 Å². The fraction of sp³-hybridized carbons (Fsp3) is 0. The maximum atomic E-state index is 6.45. The second kappa shape index (κ2) is 10.2. The summed E-state index contributed by atoms with van der Waals surface area (Å²) in [6.45, 7) is 0. The van der Waals surface area contributed by atoms with Gasteiger partial charge in [0.05, 0.1) is 16.7 Å². The molecular formula is C39H23N5O. The largest absolute Gasteiger partial charge is 0.456 e. The first-order valence-corrected chi connectivity index (χ1v) is 14.8. The van der Waals surface area contributed by atoms with Crippen LogP contribution in [0.15, 0.2) is 144 Å². The van der Waals surface area contributed by atoms with Crippen LogP contribution in [-0.2, 0) is 0 Å². The van der Waals surface area contributed by atoms with Crippen LogP contribution in [0.1, 0.15) is 0 Å². The summed E-state index contributed by atoms with van der Waals surface area (Å²) in [6.07, 6.45) is 1.81. The van der Waals surface area contributed by atoms with Gasteiger partial charge < -0.3 is 4.42 Å². The van der Waals surface area contributed by atoms with Crippen LogP contribution in [0.3, 0.4) is 0 Å². The molecule has 6 nitrogen and oxygen atoms in total. The number of aromatic nitrogens is 5. The number of benzene rings is 5. The molecule has 0 unspecified atom stereocenters. The molecule has 4 heterocycles. The molecule has 45 heavy (non-hydrogen) atoms. The van der Waals surface area contributed by atoms with Gasteiger partial charge in [0.2, 0.25) is 0 Å². The number of furan rings is 1. The zero-order valence-electron chi connectivity index (χ0n) is 23.9.